The van der Waals surface area contributed by atoms with E-state index in [9.17, 15) is 29.4 Å². The molecule has 0 aliphatic rings. The second-order valence-corrected chi connectivity index (χ2v) is 9.11. The molecule has 1 aromatic carbocycles. The molecular formula is C24H35N7O6S. The number of unbranched alkanes of at least 4 members (excludes halogenated alkanes) is 1. The zero-order valence-corrected chi connectivity index (χ0v) is 21.7. The summed E-state index contributed by atoms with van der Waals surface area (Å²) in [4.78, 5) is 57.5. The first-order valence-corrected chi connectivity index (χ1v) is 12.7. The van der Waals surface area contributed by atoms with Crippen LogP contribution in [0.2, 0.25) is 0 Å². The molecule has 2 rings (SSSR count). The zero-order chi connectivity index (χ0) is 28.1. The second kappa shape index (κ2) is 15.6. The molecule has 14 heteroatoms. The number of nitrogens with two attached hydrogens (primary N) is 2. The summed E-state index contributed by atoms with van der Waals surface area (Å²) in [6, 6.07) is 1.61. The number of rotatable bonds is 16. The van der Waals surface area contributed by atoms with E-state index < -0.39 is 47.9 Å². The topological polar surface area (TPSA) is 226 Å². The number of benzene rings is 1. The lowest BCUT2D eigenvalue weighted by Gasteiger charge is -2.25. The molecule has 4 unspecified atom stereocenters. The standard InChI is InChI=1S/C24H35N7O6S/c25-8-2-1-3-18(24(36)37)29-23(35)20(10-15-11-27-13-28-15)31-22(34)19(30-21(33)17(26)12-38)9-14-4-6-16(32)7-5-14/h4-7,11,13,17-20,32,38H,1-3,8-10,12,25-26H2,(H,27,28)(H,29,35)(H,30,33)(H,31,34)(H,36,37). The van der Waals surface area contributed by atoms with Crippen LogP contribution in [0.1, 0.15) is 30.5 Å². The molecule has 0 aliphatic carbocycles. The zero-order valence-electron chi connectivity index (χ0n) is 20.8. The number of aromatic hydroxyl groups is 1. The summed E-state index contributed by atoms with van der Waals surface area (Å²) in [5, 5.41) is 26.8. The smallest absolute Gasteiger partial charge is 0.326 e. The monoisotopic (exact) mass is 549 g/mol. The Morgan fingerprint density at radius 2 is 1.55 bits per heavy atom. The molecule has 1 aromatic heterocycles. The lowest BCUT2D eigenvalue weighted by atomic mass is 10.0. The number of H-pyrrole nitrogens is 1. The summed E-state index contributed by atoms with van der Waals surface area (Å²) >= 11 is 4.02. The van der Waals surface area contributed by atoms with Crippen LogP contribution in [0.15, 0.2) is 36.8 Å². The third-order valence-corrected chi connectivity index (χ3v) is 6.11. The fourth-order valence-corrected chi connectivity index (χ4v) is 3.72. The molecular weight excluding hydrogens is 514 g/mol. The Morgan fingerprint density at radius 3 is 2.11 bits per heavy atom. The number of aromatic nitrogens is 2. The van der Waals surface area contributed by atoms with E-state index in [0.717, 1.165) is 0 Å². The number of nitrogens with one attached hydrogen (secondary N) is 4. The first kappa shape index (κ1) is 30.6. The van der Waals surface area contributed by atoms with Gasteiger partial charge in [0.05, 0.1) is 12.4 Å². The summed E-state index contributed by atoms with van der Waals surface area (Å²) in [7, 11) is 0. The number of aromatic amines is 1. The summed E-state index contributed by atoms with van der Waals surface area (Å²) in [5.74, 6) is -3.14. The van der Waals surface area contributed by atoms with E-state index in [1.165, 1.54) is 24.7 Å². The van der Waals surface area contributed by atoms with Crippen molar-refractivity contribution in [1.29, 1.82) is 0 Å². The van der Waals surface area contributed by atoms with E-state index in [0.29, 0.717) is 30.6 Å². The van der Waals surface area contributed by atoms with E-state index in [2.05, 4.69) is 38.5 Å². The molecule has 0 bridgehead atoms. The predicted molar refractivity (Wildman–Crippen MR) is 142 cm³/mol. The Labute approximate surface area is 225 Å². The Hall–Kier alpha value is -3.62. The van der Waals surface area contributed by atoms with Gasteiger partial charge in [-0.2, -0.15) is 12.6 Å². The van der Waals surface area contributed by atoms with Crippen molar-refractivity contribution in [3.05, 3.63) is 48.0 Å². The van der Waals surface area contributed by atoms with Crippen LogP contribution < -0.4 is 27.4 Å². The molecule has 0 saturated carbocycles. The molecule has 13 nitrogen and oxygen atoms in total. The number of amides is 3. The molecule has 0 saturated heterocycles. The molecule has 4 atom stereocenters. The van der Waals surface area contributed by atoms with Crippen LogP contribution in [0.3, 0.4) is 0 Å². The van der Waals surface area contributed by atoms with Crippen molar-refractivity contribution in [3.63, 3.8) is 0 Å². The largest absolute Gasteiger partial charge is 0.508 e. The molecule has 3 amide bonds. The number of hydrogen-bond acceptors (Lipinski definition) is 9. The third-order valence-electron chi connectivity index (χ3n) is 5.72. The van der Waals surface area contributed by atoms with Gasteiger partial charge in [-0.05, 0) is 43.5 Å². The van der Waals surface area contributed by atoms with Crippen molar-refractivity contribution in [2.24, 2.45) is 11.5 Å². The van der Waals surface area contributed by atoms with Crippen LogP contribution in [-0.4, -0.2) is 80.3 Å². The molecule has 10 N–H and O–H groups in total. The number of carbonyl (C=O) groups is 4. The molecule has 0 aliphatic heterocycles. The minimum atomic E-state index is -1.21. The number of carbonyl (C=O) groups excluding carboxylic acids is 3. The minimum Gasteiger partial charge on any atom is -0.508 e. The molecule has 2 aromatic rings. The third kappa shape index (κ3) is 10.0. The maximum atomic E-state index is 13.4. The second-order valence-electron chi connectivity index (χ2n) is 8.75. The SMILES string of the molecule is NCCCCC(NC(=O)C(Cc1cnc[nH]1)NC(=O)C(Cc1ccc(O)cc1)NC(=O)C(N)CS)C(=O)O. The van der Waals surface area contributed by atoms with Gasteiger partial charge in [-0.25, -0.2) is 9.78 Å². The lowest BCUT2D eigenvalue weighted by molar-refractivity contribution is -0.142. The number of hydrogen-bond donors (Lipinski definition) is 9. The fraction of sp³-hybridized carbons (Fsp3) is 0.458. The average molecular weight is 550 g/mol. The minimum absolute atomic E-state index is 0.0112. The maximum Gasteiger partial charge on any atom is 0.326 e. The number of phenols is 1. The Bertz CT molecular complexity index is 1050. The summed E-state index contributed by atoms with van der Waals surface area (Å²) in [5.41, 5.74) is 12.4. The van der Waals surface area contributed by atoms with Crippen LogP contribution in [-0.2, 0) is 32.0 Å². The normalized spacial score (nSPS) is 14.1. The van der Waals surface area contributed by atoms with Gasteiger partial charge in [0.15, 0.2) is 0 Å². The molecule has 1 heterocycles. The highest BCUT2D eigenvalue weighted by atomic mass is 32.1. The quantitative estimate of drug-likeness (QED) is 0.0906. The predicted octanol–water partition coefficient (Wildman–Crippen LogP) is -1.17. The van der Waals surface area contributed by atoms with Gasteiger partial charge in [0.25, 0.3) is 0 Å². The summed E-state index contributed by atoms with van der Waals surface area (Å²) in [6.45, 7) is 0.393. The first-order valence-electron chi connectivity index (χ1n) is 12.1. The number of aliphatic carboxylic acids is 1. The highest BCUT2D eigenvalue weighted by molar-refractivity contribution is 7.80. The van der Waals surface area contributed by atoms with Crippen molar-refractivity contribution in [1.82, 2.24) is 25.9 Å². The molecule has 38 heavy (non-hydrogen) atoms. The molecule has 0 spiro atoms. The number of nitrogens with zero attached hydrogens (tertiary/aromatic N) is 1. The lowest BCUT2D eigenvalue weighted by Crippen LogP contribution is -2.58. The number of thiol groups is 1. The Kier molecular flexibility index (Phi) is 12.6. The highest BCUT2D eigenvalue weighted by Gasteiger charge is 2.30. The first-order chi connectivity index (χ1) is 18.1. The van der Waals surface area contributed by atoms with Gasteiger partial charge in [-0.1, -0.05) is 12.1 Å². The van der Waals surface area contributed by atoms with Crippen LogP contribution in [0.5, 0.6) is 5.75 Å². The van der Waals surface area contributed by atoms with E-state index in [-0.39, 0.29) is 30.8 Å². The van der Waals surface area contributed by atoms with E-state index >= 15 is 0 Å². The Morgan fingerprint density at radius 1 is 0.947 bits per heavy atom. The van der Waals surface area contributed by atoms with Gasteiger partial charge in [-0.3, -0.25) is 14.4 Å². The van der Waals surface area contributed by atoms with Crippen molar-refractivity contribution in [2.75, 3.05) is 12.3 Å². The fourth-order valence-electron chi connectivity index (χ4n) is 3.56. The Balaban J connectivity index is 2.24. The van der Waals surface area contributed by atoms with Crippen molar-refractivity contribution in [2.45, 2.75) is 56.3 Å². The van der Waals surface area contributed by atoms with Crippen LogP contribution >= 0.6 is 12.6 Å². The van der Waals surface area contributed by atoms with Crippen molar-refractivity contribution < 1.29 is 29.4 Å². The van der Waals surface area contributed by atoms with Crippen molar-refractivity contribution in [3.8, 4) is 5.75 Å². The number of carboxylic acids is 1. The van der Waals surface area contributed by atoms with E-state index in [1.807, 2.05) is 0 Å². The molecule has 0 radical (unpaired) electrons. The van der Waals surface area contributed by atoms with Crippen LogP contribution in [0.4, 0.5) is 0 Å². The van der Waals surface area contributed by atoms with Crippen LogP contribution in [0.25, 0.3) is 0 Å². The van der Waals surface area contributed by atoms with Gasteiger partial charge >= 0.3 is 5.97 Å². The summed E-state index contributed by atoms with van der Waals surface area (Å²) < 4.78 is 0. The van der Waals surface area contributed by atoms with Gasteiger partial charge in [0, 0.05) is 30.5 Å². The van der Waals surface area contributed by atoms with Gasteiger partial charge in [0.1, 0.15) is 23.9 Å². The maximum absolute atomic E-state index is 13.4. The van der Waals surface area contributed by atoms with Gasteiger partial charge in [0.2, 0.25) is 17.7 Å². The number of phenolic OH excluding ortho intramolecular Hbond substituents is 1. The van der Waals surface area contributed by atoms with Crippen molar-refractivity contribution >= 4 is 36.3 Å². The highest BCUT2D eigenvalue weighted by Crippen LogP contribution is 2.12. The van der Waals surface area contributed by atoms with Gasteiger partial charge < -0.3 is 42.6 Å². The van der Waals surface area contributed by atoms with Crippen LogP contribution in [0, 0.1) is 0 Å². The molecule has 0 fully saturated rings. The van der Waals surface area contributed by atoms with E-state index in [4.69, 9.17) is 11.5 Å². The van der Waals surface area contributed by atoms with Gasteiger partial charge in [-0.15, -0.1) is 0 Å². The summed E-state index contributed by atoms with van der Waals surface area (Å²) in [6.07, 6.45) is 4.17. The number of imidazole rings is 1. The number of carboxylic acid groups (broad SMARTS) is 1. The van der Waals surface area contributed by atoms with E-state index in [1.54, 1.807) is 12.1 Å². The average Bonchev–Trinajstić information content (AvgIpc) is 3.41. The molecule has 208 valence electrons.